The Bertz CT molecular complexity index is 810. The van der Waals surface area contributed by atoms with E-state index >= 15 is 0 Å². The van der Waals surface area contributed by atoms with Gasteiger partial charge in [-0.05, 0) is 39.0 Å². The first-order valence-electron chi connectivity index (χ1n) is 8.10. The van der Waals surface area contributed by atoms with Crippen molar-refractivity contribution in [3.05, 3.63) is 59.4 Å². The molecule has 1 aromatic heterocycles. The fraction of sp³-hybridized carbons (Fsp3) is 0.316. The Morgan fingerprint density at radius 2 is 1.60 bits per heavy atom. The average Bonchev–Trinajstić information content (AvgIpc) is 3.10. The van der Waals surface area contributed by atoms with Gasteiger partial charge in [-0.2, -0.15) is 0 Å². The van der Waals surface area contributed by atoms with Crippen LogP contribution in [0, 0.1) is 0 Å². The lowest BCUT2D eigenvalue weighted by Crippen LogP contribution is -2.32. The molecule has 0 unspecified atom stereocenters. The number of amides is 2. The Balaban J connectivity index is 1.65. The summed E-state index contributed by atoms with van der Waals surface area (Å²) in [5.41, 5.74) is 0.764. The Hall–Kier alpha value is -2.89. The van der Waals surface area contributed by atoms with Crippen LogP contribution < -0.4 is 0 Å². The Kier molecular flexibility index (Phi) is 4.20. The fourth-order valence-corrected chi connectivity index (χ4v) is 2.70. The number of ether oxygens (including phenoxy) is 1. The lowest BCUT2D eigenvalue weighted by molar-refractivity contribution is 0.00690. The first kappa shape index (κ1) is 17.0. The van der Waals surface area contributed by atoms with Gasteiger partial charge in [0.25, 0.3) is 11.8 Å². The molecule has 3 rings (SSSR count). The Labute approximate surface area is 146 Å². The number of esters is 1. The molecule has 0 N–H and O–H groups in total. The van der Waals surface area contributed by atoms with Crippen molar-refractivity contribution in [1.29, 1.82) is 0 Å². The van der Waals surface area contributed by atoms with Gasteiger partial charge in [0.15, 0.2) is 0 Å². The maximum atomic E-state index is 12.3. The van der Waals surface area contributed by atoms with Gasteiger partial charge in [-0.25, -0.2) is 4.79 Å². The van der Waals surface area contributed by atoms with Crippen LogP contribution in [0.25, 0.3) is 0 Å². The monoisotopic (exact) mass is 340 g/mol. The molecule has 0 bridgehead atoms. The topological polar surface area (TPSA) is 68.6 Å². The summed E-state index contributed by atoms with van der Waals surface area (Å²) in [6.45, 7) is 6.08. The van der Waals surface area contributed by atoms with Gasteiger partial charge in [0.05, 0.1) is 16.7 Å². The summed E-state index contributed by atoms with van der Waals surface area (Å²) >= 11 is 0. The number of nitrogens with zero attached hydrogens (tertiary/aromatic N) is 2. The Morgan fingerprint density at radius 3 is 2.16 bits per heavy atom. The minimum Gasteiger partial charge on any atom is -0.456 e. The van der Waals surface area contributed by atoms with Gasteiger partial charge in [-0.1, -0.05) is 12.1 Å². The van der Waals surface area contributed by atoms with Crippen molar-refractivity contribution in [2.45, 2.75) is 32.9 Å². The molecule has 2 amide bonds. The molecule has 130 valence electrons. The first-order valence-corrected chi connectivity index (χ1v) is 8.10. The lowest BCUT2D eigenvalue weighted by Gasteiger charge is -2.18. The number of hydrogen-bond acceptors (Lipinski definition) is 4. The molecule has 6 nitrogen and oxygen atoms in total. The zero-order valence-electron chi connectivity index (χ0n) is 14.5. The van der Waals surface area contributed by atoms with Gasteiger partial charge in [0, 0.05) is 25.5 Å². The van der Waals surface area contributed by atoms with Gasteiger partial charge in [0.1, 0.15) is 5.60 Å². The second-order valence-corrected chi connectivity index (χ2v) is 6.95. The molecule has 0 aliphatic carbocycles. The van der Waals surface area contributed by atoms with E-state index in [1.807, 2.05) is 20.8 Å². The molecule has 0 saturated heterocycles. The second kappa shape index (κ2) is 6.20. The normalized spacial score (nSPS) is 14.0. The number of imide groups is 1. The van der Waals surface area contributed by atoms with Crippen molar-refractivity contribution in [3.63, 3.8) is 0 Å². The number of benzene rings is 1. The van der Waals surface area contributed by atoms with Crippen molar-refractivity contribution in [2.75, 3.05) is 6.54 Å². The average molecular weight is 340 g/mol. The quantitative estimate of drug-likeness (QED) is 0.634. The van der Waals surface area contributed by atoms with Crippen molar-refractivity contribution in [2.24, 2.45) is 0 Å². The van der Waals surface area contributed by atoms with E-state index in [4.69, 9.17) is 4.74 Å². The predicted molar refractivity (Wildman–Crippen MR) is 91.4 cm³/mol. The third-order valence-corrected chi connectivity index (χ3v) is 3.85. The van der Waals surface area contributed by atoms with E-state index in [0.717, 1.165) is 0 Å². The molecular formula is C19H20N2O4. The number of carbonyl (C=O) groups excluding carboxylic acids is 3. The van der Waals surface area contributed by atoms with Crippen LogP contribution in [-0.4, -0.2) is 39.4 Å². The van der Waals surface area contributed by atoms with Gasteiger partial charge in [0.2, 0.25) is 0 Å². The number of aromatic nitrogens is 1. The molecule has 1 aliphatic heterocycles. The van der Waals surface area contributed by atoms with Crippen molar-refractivity contribution in [1.82, 2.24) is 9.47 Å². The van der Waals surface area contributed by atoms with Crippen LogP contribution in [0.3, 0.4) is 0 Å². The van der Waals surface area contributed by atoms with Gasteiger partial charge < -0.3 is 9.30 Å². The highest BCUT2D eigenvalue weighted by atomic mass is 16.6. The van der Waals surface area contributed by atoms with Gasteiger partial charge >= 0.3 is 5.97 Å². The third kappa shape index (κ3) is 3.47. The van der Waals surface area contributed by atoms with Crippen LogP contribution in [0.2, 0.25) is 0 Å². The van der Waals surface area contributed by atoms with Crippen LogP contribution >= 0.6 is 0 Å². The molecule has 1 aromatic carbocycles. The summed E-state index contributed by atoms with van der Waals surface area (Å²) in [6, 6.07) is 8.47. The number of rotatable bonds is 4. The summed E-state index contributed by atoms with van der Waals surface area (Å²) in [6.07, 6.45) is 3.39. The van der Waals surface area contributed by atoms with Crippen molar-refractivity contribution < 1.29 is 19.1 Å². The van der Waals surface area contributed by atoms with Crippen LogP contribution in [0.1, 0.15) is 51.8 Å². The number of hydrogen-bond donors (Lipinski definition) is 0. The maximum absolute atomic E-state index is 12.3. The minimum absolute atomic E-state index is 0.245. The summed E-state index contributed by atoms with van der Waals surface area (Å²) in [5, 5.41) is 0. The summed E-state index contributed by atoms with van der Waals surface area (Å²) in [4.78, 5) is 37.9. The molecule has 2 aromatic rings. The van der Waals surface area contributed by atoms with E-state index in [1.54, 1.807) is 47.3 Å². The zero-order chi connectivity index (χ0) is 18.2. The maximum Gasteiger partial charge on any atom is 0.340 e. The molecule has 0 fully saturated rings. The van der Waals surface area contributed by atoms with E-state index in [1.165, 1.54) is 4.90 Å². The third-order valence-electron chi connectivity index (χ3n) is 3.85. The standard InChI is InChI=1S/C19H20N2O4/c1-19(2,3)25-18(24)13-8-9-20(12-13)10-11-21-16(22)14-6-4-5-7-15(14)17(21)23/h4-9,12H,10-11H2,1-3H3. The van der Waals surface area contributed by atoms with E-state index < -0.39 is 11.6 Å². The van der Waals surface area contributed by atoms with E-state index in [0.29, 0.717) is 23.2 Å². The van der Waals surface area contributed by atoms with Crippen molar-refractivity contribution in [3.8, 4) is 0 Å². The van der Waals surface area contributed by atoms with E-state index in [-0.39, 0.29) is 18.4 Å². The molecule has 0 saturated carbocycles. The van der Waals surface area contributed by atoms with Gasteiger partial charge in [-0.3, -0.25) is 14.5 Å². The molecule has 25 heavy (non-hydrogen) atoms. The molecule has 0 radical (unpaired) electrons. The Morgan fingerprint density at radius 1 is 1.00 bits per heavy atom. The predicted octanol–water partition coefficient (Wildman–Crippen LogP) is 2.74. The van der Waals surface area contributed by atoms with Crippen molar-refractivity contribution >= 4 is 17.8 Å². The highest BCUT2D eigenvalue weighted by Crippen LogP contribution is 2.22. The molecular weight excluding hydrogens is 320 g/mol. The lowest BCUT2D eigenvalue weighted by atomic mass is 10.1. The summed E-state index contributed by atoms with van der Waals surface area (Å²) in [5.74, 6) is -0.952. The summed E-state index contributed by atoms with van der Waals surface area (Å²) < 4.78 is 7.09. The van der Waals surface area contributed by atoms with E-state index in [9.17, 15) is 14.4 Å². The first-order chi connectivity index (χ1) is 11.8. The largest absolute Gasteiger partial charge is 0.456 e. The van der Waals surface area contributed by atoms with Crippen LogP contribution in [-0.2, 0) is 11.3 Å². The van der Waals surface area contributed by atoms with Crippen LogP contribution in [0.4, 0.5) is 0 Å². The molecule has 2 heterocycles. The molecule has 1 aliphatic rings. The van der Waals surface area contributed by atoms with Crippen LogP contribution in [0.15, 0.2) is 42.7 Å². The van der Waals surface area contributed by atoms with Gasteiger partial charge in [-0.15, -0.1) is 0 Å². The zero-order valence-corrected chi connectivity index (χ0v) is 14.5. The fourth-order valence-electron chi connectivity index (χ4n) is 2.70. The SMILES string of the molecule is CC(C)(C)OC(=O)c1ccn(CCN2C(=O)c3ccccc3C2=O)c1. The molecule has 0 spiro atoms. The van der Waals surface area contributed by atoms with E-state index in [2.05, 4.69) is 0 Å². The minimum atomic E-state index is -0.556. The summed E-state index contributed by atoms with van der Waals surface area (Å²) in [7, 11) is 0. The highest BCUT2D eigenvalue weighted by Gasteiger charge is 2.34. The number of fused-ring (bicyclic) bond motifs is 1. The van der Waals surface area contributed by atoms with Crippen LogP contribution in [0.5, 0.6) is 0 Å². The second-order valence-electron chi connectivity index (χ2n) is 6.95. The number of carbonyl (C=O) groups is 3. The highest BCUT2D eigenvalue weighted by molar-refractivity contribution is 6.21. The molecule has 6 heteroatoms. The smallest absolute Gasteiger partial charge is 0.340 e. The molecule has 0 atom stereocenters.